The molecule has 2 aliphatic rings. The zero-order valence-electron chi connectivity index (χ0n) is 19.7. The van der Waals surface area contributed by atoms with Gasteiger partial charge in [-0.15, -0.1) is 0 Å². The topological polar surface area (TPSA) is 48.4 Å². The predicted molar refractivity (Wildman–Crippen MR) is 133 cm³/mol. The van der Waals surface area contributed by atoms with Gasteiger partial charge in [0.05, 0.1) is 24.8 Å². The van der Waals surface area contributed by atoms with Crippen LogP contribution in [0.15, 0.2) is 72.8 Å². The Morgan fingerprint density at radius 1 is 0.971 bits per heavy atom. The predicted octanol–water partition coefficient (Wildman–Crippen LogP) is 5.87. The molecule has 4 nitrogen and oxygen atoms in total. The maximum Gasteiger partial charge on any atom is 0.356 e. The molecule has 0 N–H and O–H groups in total. The molecule has 4 heteroatoms. The van der Waals surface area contributed by atoms with Crippen LogP contribution in [0.3, 0.4) is 0 Å². The Hall–Kier alpha value is -3.66. The molecule has 0 unspecified atom stereocenters. The molecular formula is C30H27NO3. The fourth-order valence-corrected chi connectivity index (χ4v) is 6.57. The monoisotopic (exact) mass is 449 g/mol. The first-order chi connectivity index (χ1) is 16.5. The molecule has 0 bridgehead atoms. The number of methoxy groups -OCH3 is 1. The third-order valence-corrected chi connectivity index (χ3v) is 7.76. The van der Waals surface area contributed by atoms with Crippen LogP contribution in [0.5, 0.6) is 5.75 Å². The van der Waals surface area contributed by atoms with Crippen molar-refractivity contribution < 1.29 is 14.3 Å². The zero-order chi connectivity index (χ0) is 23.5. The van der Waals surface area contributed by atoms with Gasteiger partial charge in [-0.25, -0.2) is 9.78 Å². The van der Waals surface area contributed by atoms with Crippen molar-refractivity contribution in [3.63, 3.8) is 0 Å². The molecule has 1 heterocycles. The zero-order valence-corrected chi connectivity index (χ0v) is 19.7. The molecule has 0 saturated heterocycles. The Morgan fingerprint density at radius 3 is 2.47 bits per heavy atom. The van der Waals surface area contributed by atoms with Gasteiger partial charge in [-0.3, -0.25) is 0 Å². The van der Waals surface area contributed by atoms with Crippen LogP contribution in [-0.4, -0.2) is 24.7 Å². The molecule has 6 rings (SSSR count). The highest BCUT2D eigenvalue weighted by atomic mass is 16.5. The largest absolute Gasteiger partial charge is 0.497 e. The molecule has 0 fully saturated rings. The molecule has 1 aromatic heterocycles. The average molecular weight is 450 g/mol. The summed E-state index contributed by atoms with van der Waals surface area (Å²) in [5.74, 6) is 0.396. The molecule has 0 radical (unpaired) electrons. The summed E-state index contributed by atoms with van der Waals surface area (Å²) in [5, 5.41) is 2.08. The number of benzene rings is 3. The number of carbonyl (C=O) groups is 1. The van der Waals surface area contributed by atoms with Gasteiger partial charge in [0.1, 0.15) is 11.4 Å². The highest BCUT2D eigenvalue weighted by Gasteiger charge is 2.60. The summed E-state index contributed by atoms with van der Waals surface area (Å²) in [6.45, 7) is 4.49. The first-order valence-electron chi connectivity index (χ1n) is 11.8. The SMILES string of the molecule is CCOC(=O)c1cc2cc(OC)cc3c2c(n1)[C@@]1(c2ccccc2)c2ccccc2C[C@@]1(C)C3. The van der Waals surface area contributed by atoms with Crippen molar-refractivity contribution in [3.05, 3.63) is 106 Å². The number of carbonyl (C=O) groups excluding carboxylic acids is 1. The first kappa shape index (κ1) is 20.9. The Labute approximate surface area is 199 Å². The average Bonchev–Trinajstić information content (AvgIpc) is 3.13. The normalized spacial score (nSPS) is 22.2. The maximum atomic E-state index is 13.0. The van der Waals surface area contributed by atoms with Gasteiger partial charge in [-0.2, -0.15) is 0 Å². The summed E-state index contributed by atoms with van der Waals surface area (Å²) in [4.78, 5) is 18.1. The lowest BCUT2D eigenvalue weighted by Gasteiger charge is -2.48. The van der Waals surface area contributed by atoms with E-state index in [1.807, 2.05) is 19.1 Å². The van der Waals surface area contributed by atoms with E-state index in [0.29, 0.717) is 12.3 Å². The molecule has 4 aromatic rings. The summed E-state index contributed by atoms with van der Waals surface area (Å²) in [6.07, 6.45) is 1.82. The Morgan fingerprint density at radius 2 is 1.71 bits per heavy atom. The maximum absolute atomic E-state index is 13.0. The van der Waals surface area contributed by atoms with Crippen LogP contribution in [0.25, 0.3) is 10.8 Å². The smallest absolute Gasteiger partial charge is 0.356 e. The number of rotatable bonds is 4. The number of nitrogens with zero attached hydrogens (tertiary/aromatic N) is 1. The Balaban J connectivity index is 1.80. The van der Waals surface area contributed by atoms with Crippen molar-refractivity contribution in [2.75, 3.05) is 13.7 Å². The van der Waals surface area contributed by atoms with Crippen LogP contribution in [0, 0.1) is 5.41 Å². The fourth-order valence-electron chi connectivity index (χ4n) is 6.57. The second-order valence-corrected chi connectivity index (χ2v) is 9.65. The van der Waals surface area contributed by atoms with E-state index in [0.717, 1.165) is 35.1 Å². The van der Waals surface area contributed by atoms with Crippen LogP contribution >= 0.6 is 0 Å². The van der Waals surface area contributed by atoms with E-state index in [1.165, 1.54) is 22.3 Å². The van der Waals surface area contributed by atoms with Gasteiger partial charge in [0.25, 0.3) is 0 Å². The Kier molecular flexibility index (Phi) is 4.57. The Bertz CT molecular complexity index is 1440. The lowest BCUT2D eigenvalue weighted by atomic mass is 9.53. The molecule has 3 aromatic carbocycles. The van der Waals surface area contributed by atoms with Gasteiger partial charge in [0.15, 0.2) is 0 Å². The van der Waals surface area contributed by atoms with Crippen LogP contribution in [0.4, 0.5) is 0 Å². The summed E-state index contributed by atoms with van der Waals surface area (Å²) in [7, 11) is 1.69. The quantitative estimate of drug-likeness (QED) is 0.366. The molecule has 170 valence electrons. The molecule has 34 heavy (non-hydrogen) atoms. The van der Waals surface area contributed by atoms with Crippen molar-refractivity contribution in [1.82, 2.24) is 4.98 Å². The number of esters is 1. The fraction of sp³-hybridized carbons (Fsp3) is 0.267. The van der Waals surface area contributed by atoms with Crippen molar-refractivity contribution in [3.8, 4) is 5.75 Å². The second kappa shape index (κ2) is 7.42. The number of aromatic nitrogens is 1. The van der Waals surface area contributed by atoms with Crippen LogP contribution in [0.2, 0.25) is 0 Å². The van der Waals surface area contributed by atoms with Gasteiger partial charge in [-0.05, 0) is 71.0 Å². The molecule has 0 aliphatic heterocycles. The molecule has 2 atom stereocenters. The van der Waals surface area contributed by atoms with Crippen molar-refractivity contribution in [1.29, 1.82) is 0 Å². The van der Waals surface area contributed by atoms with E-state index in [2.05, 4.69) is 67.6 Å². The minimum Gasteiger partial charge on any atom is -0.497 e. The molecular weight excluding hydrogens is 422 g/mol. The van der Waals surface area contributed by atoms with E-state index >= 15 is 0 Å². The summed E-state index contributed by atoms with van der Waals surface area (Å²) in [6, 6.07) is 25.4. The van der Waals surface area contributed by atoms with E-state index < -0.39 is 11.4 Å². The van der Waals surface area contributed by atoms with Crippen LogP contribution in [-0.2, 0) is 23.0 Å². The van der Waals surface area contributed by atoms with Gasteiger partial charge >= 0.3 is 5.97 Å². The lowest BCUT2D eigenvalue weighted by molar-refractivity contribution is 0.0518. The highest BCUT2D eigenvalue weighted by Crippen LogP contribution is 2.63. The summed E-state index contributed by atoms with van der Waals surface area (Å²) >= 11 is 0. The van der Waals surface area contributed by atoms with Crippen molar-refractivity contribution in [2.24, 2.45) is 5.41 Å². The van der Waals surface area contributed by atoms with E-state index in [4.69, 9.17) is 14.5 Å². The molecule has 2 aliphatic carbocycles. The van der Waals surface area contributed by atoms with E-state index in [1.54, 1.807) is 7.11 Å². The van der Waals surface area contributed by atoms with Crippen LogP contribution < -0.4 is 4.74 Å². The first-order valence-corrected chi connectivity index (χ1v) is 11.8. The van der Waals surface area contributed by atoms with Gasteiger partial charge in [0, 0.05) is 5.39 Å². The standard InChI is InChI=1S/C30H27NO3/c1-4-34-28(32)25-16-20-14-23(33-3)15-21-18-29(2)17-19-10-8-9-13-24(19)30(29,27(31-25)26(20)21)22-11-6-5-7-12-22/h5-16H,4,17-18H2,1-3H3/t29-,30+/m0/s1. The number of ether oxygens (including phenoxy) is 2. The van der Waals surface area contributed by atoms with E-state index in [9.17, 15) is 4.79 Å². The van der Waals surface area contributed by atoms with Gasteiger partial charge in [-0.1, -0.05) is 61.5 Å². The van der Waals surface area contributed by atoms with Gasteiger partial charge in [0.2, 0.25) is 0 Å². The number of pyridine rings is 1. The number of hydrogen-bond acceptors (Lipinski definition) is 4. The van der Waals surface area contributed by atoms with Crippen molar-refractivity contribution in [2.45, 2.75) is 32.1 Å². The lowest BCUT2D eigenvalue weighted by Crippen LogP contribution is -2.47. The highest BCUT2D eigenvalue weighted by molar-refractivity contribution is 5.98. The number of fused-ring (bicyclic) bond motifs is 4. The molecule has 0 spiro atoms. The minimum atomic E-state index is -0.479. The van der Waals surface area contributed by atoms with Crippen molar-refractivity contribution >= 4 is 16.7 Å². The summed E-state index contributed by atoms with van der Waals surface area (Å²) < 4.78 is 11.0. The molecule has 0 amide bonds. The minimum absolute atomic E-state index is 0.162. The van der Waals surface area contributed by atoms with Gasteiger partial charge < -0.3 is 9.47 Å². The van der Waals surface area contributed by atoms with E-state index in [-0.39, 0.29) is 5.41 Å². The number of hydrogen-bond donors (Lipinski definition) is 0. The summed E-state index contributed by atoms with van der Waals surface area (Å²) in [5.41, 5.74) is 5.68. The third-order valence-electron chi connectivity index (χ3n) is 7.76. The van der Waals surface area contributed by atoms with Crippen LogP contribution in [0.1, 0.15) is 52.3 Å². The third kappa shape index (κ3) is 2.65. The molecule has 0 saturated carbocycles. The second-order valence-electron chi connectivity index (χ2n) is 9.65.